The molecule has 3 aromatic rings. The van der Waals surface area contributed by atoms with Crippen LogP contribution in [-0.4, -0.2) is 9.97 Å². The van der Waals surface area contributed by atoms with E-state index in [4.69, 9.17) is 5.73 Å². The summed E-state index contributed by atoms with van der Waals surface area (Å²) in [4.78, 5) is 8.48. The number of anilines is 5. The molecule has 5 nitrogen and oxygen atoms in total. The first-order valence-corrected chi connectivity index (χ1v) is 7.96. The lowest BCUT2D eigenvalue weighted by atomic mass is 10.1. The van der Waals surface area contributed by atoms with Gasteiger partial charge in [-0.15, -0.1) is 0 Å². The molecular weight excluding hydrogens is 298 g/mol. The predicted molar refractivity (Wildman–Crippen MR) is 100 cm³/mol. The highest BCUT2D eigenvalue weighted by molar-refractivity contribution is 5.80. The van der Waals surface area contributed by atoms with E-state index in [0.717, 1.165) is 17.8 Å². The number of aryl methyl sites for hydroxylation is 2. The van der Waals surface area contributed by atoms with Gasteiger partial charge in [-0.05, 0) is 43.2 Å². The van der Waals surface area contributed by atoms with Crippen molar-refractivity contribution in [1.29, 1.82) is 0 Å². The third-order valence-corrected chi connectivity index (χ3v) is 3.82. The second kappa shape index (κ2) is 7.00. The van der Waals surface area contributed by atoms with Crippen LogP contribution in [0.5, 0.6) is 0 Å². The summed E-state index contributed by atoms with van der Waals surface area (Å²) < 4.78 is 0. The van der Waals surface area contributed by atoms with Gasteiger partial charge in [-0.1, -0.05) is 36.8 Å². The topological polar surface area (TPSA) is 75.9 Å². The van der Waals surface area contributed by atoms with Crippen molar-refractivity contribution in [1.82, 2.24) is 9.97 Å². The first kappa shape index (κ1) is 15.8. The van der Waals surface area contributed by atoms with Gasteiger partial charge >= 0.3 is 0 Å². The Morgan fingerprint density at radius 3 is 1.83 bits per heavy atom. The van der Waals surface area contributed by atoms with Crippen LogP contribution in [0.25, 0.3) is 0 Å². The van der Waals surface area contributed by atoms with Crippen LogP contribution < -0.4 is 16.4 Å². The van der Waals surface area contributed by atoms with Gasteiger partial charge in [0.05, 0.1) is 0 Å². The molecule has 5 heteroatoms. The Morgan fingerprint density at radius 2 is 1.33 bits per heavy atom. The molecular formula is C19H21N5. The van der Waals surface area contributed by atoms with Crippen molar-refractivity contribution in [2.45, 2.75) is 20.3 Å². The highest BCUT2D eigenvalue weighted by atomic mass is 15.1. The van der Waals surface area contributed by atoms with Gasteiger partial charge in [0.15, 0.2) is 11.6 Å². The van der Waals surface area contributed by atoms with Crippen LogP contribution in [0.15, 0.2) is 54.9 Å². The summed E-state index contributed by atoms with van der Waals surface area (Å²) in [6.07, 6.45) is 2.51. The third kappa shape index (κ3) is 3.63. The minimum atomic E-state index is 0.484. The molecule has 0 atom stereocenters. The zero-order valence-corrected chi connectivity index (χ0v) is 13.9. The second-order valence-corrected chi connectivity index (χ2v) is 5.65. The van der Waals surface area contributed by atoms with Crippen LogP contribution >= 0.6 is 0 Å². The fraction of sp³-hybridized carbons (Fsp3) is 0.158. The summed E-state index contributed by atoms with van der Waals surface area (Å²) in [5.74, 6) is 1.17. The number of rotatable bonds is 5. The molecule has 0 saturated carbocycles. The molecule has 24 heavy (non-hydrogen) atoms. The Kier molecular flexibility index (Phi) is 4.61. The van der Waals surface area contributed by atoms with Crippen molar-refractivity contribution in [3.8, 4) is 0 Å². The smallest absolute Gasteiger partial charge is 0.159 e. The maximum Gasteiger partial charge on any atom is 0.159 e. The average Bonchev–Trinajstić information content (AvgIpc) is 2.61. The number of hydrogen-bond donors (Lipinski definition) is 3. The van der Waals surface area contributed by atoms with Gasteiger partial charge in [0.2, 0.25) is 0 Å². The molecule has 0 unspecified atom stereocenters. The van der Waals surface area contributed by atoms with Gasteiger partial charge in [-0.25, -0.2) is 9.97 Å². The zero-order chi connectivity index (χ0) is 16.9. The predicted octanol–water partition coefficient (Wildman–Crippen LogP) is 4.42. The lowest BCUT2D eigenvalue weighted by Gasteiger charge is -2.13. The number of nitrogen functional groups attached to an aromatic ring is 1. The third-order valence-electron chi connectivity index (χ3n) is 3.82. The molecule has 0 aliphatic rings. The quantitative estimate of drug-likeness (QED) is 0.649. The van der Waals surface area contributed by atoms with E-state index in [-0.39, 0.29) is 0 Å². The van der Waals surface area contributed by atoms with Crippen molar-refractivity contribution in [3.05, 3.63) is 66.0 Å². The van der Waals surface area contributed by atoms with E-state index < -0.39 is 0 Å². The van der Waals surface area contributed by atoms with Crippen molar-refractivity contribution in [3.63, 3.8) is 0 Å². The van der Waals surface area contributed by atoms with E-state index >= 15 is 0 Å². The molecule has 1 aromatic heterocycles. The molecule has 122 valence electrons. The SMILES string of the molecule is CCc1ccc(Nc2ncnc(Nc3ccc(C)cc3)c2N)cc1. The minimum Gasteiger partial charge on any atom is -0.393 e. The summed E-state index contributed by atoms with van der Waals surface area (Å²) in [7, 11) is 0. The fourth-order valence-electron chi connectivity index (χ4n) is 2.33. The molecule has 1 heterocycles. The van der Waals surface area contributed by atoms with Gasteiger partial charge in [-0.2, -0.15) is 0 Å². The number of nitrogens with zero attached hydrogens (tertiary/aromatic N) is 2. The van der Waals surface area contributed by atoms with E-state index in [1.807, 2.05) is 36.4 Å². The molecule has 0 saturated heterocycles. The monoisotopic (exact) mass is 319 g/mol. The first-order chi connectivity index (χ1) is 11.7. The average molecular weight is 319 g/mol. The van der Waals surface area contributed by atoms with Gasteiger partial charge in [0.25, 0.3) is 0 Å². The van der Waals surface area contributed by atoms with E-state index in [2.05, 4.69) is 46.6 Å². The summed E-state index contributed by atoms with van der Waals surface area (Å²) >= 11 is 0. The number of aromatic nitrogens is 2. The van der Waals surface area contributed by atoms with Crippen LogP contribution in [0.1, 0.15) is 18.1 Å². The van der Waals surface area contributed by atoms with Crippen LogP contribution in [0.4, 0.5) is 28.7 Å². The Morgan fingerprint density at radius 1 is 0.833 bits per heavy atom. The summed E-state index contributed by atoms with van der Waals surface area (Å²) in [6.45, 7) is 4.18. The van der Waals surface area contributed by atoms with E-state index in [1.165, 1.54) is 17.5 Å². The molecule has 0 fully saturated rings. The fourth-order valence-corrected chi connectivity index (χ4v) is 2.33. The number of nitrogens with one attached hydrogen (secondary N) is 2. The van der Waals surface area contributed by atoms with Gasteiger partial charge in [0, 0.05) is 11.4 Å². The maximum atomic E-state index is 6.21. The molecule has 4 N–H and O–H groups in total. The van der Waals surface area contributed by atoms with Crippen LogP contribution in [0.2, 0.25) is 0 Å². The highest BCUT2D eigenvalue weighted by Crippen LogP contribution is 2.28. The van der Waals surface area contributed by atoms with Crippen molar-refractivity contribution >= 4 is 28.7 Å². The van der Waals surface area contributed by atoms with Crippen LogP contribution in [-0.2, 0) is 6.42 Å². The summed E-state index contributed by atoms with van der Waals surface area (Å²) in [5, 5.41) is 6.47. The summed E-state index contributed by atoms with van der Waals surface area (Å²) in [5.41, 5.74) is 11.1. The van der Waals surface area contributed by atoms with Crippen molar-refractivity contribution in [2.75, 3.05) is 16.4 Å². The largest absolute Gasteiger partial charge is 0.393 e. The highest BCUT2D eigenvalue weighted by Gasteiger charge is 2.08. The molecule has 3 rings (SSSR count). The van der Waals surface area contributed by atoms with Gasteiger partial charge < -0.3 is 16.4 Å². The number of benzene rings is 2. The molecule has 0 amide bonds. The Balaban J connectivity index is 1.80. The molecule has 0 aliphatic carbocycles. The van der Waals surface area contributed by atoms with E-state index in [1.54, 1.807) is 0 Å². The Bertz CT molecular complexity index is 810. The van der Waals surface area contributed by atoms with Gasteiger partial charge in [0.1, 0.15) is 12.0 Å². The lowest BCUT2D eigenvalue weighted by molar-refractivity contribution is 1.14. The maximum absolute atomic E-state index is 6.21. The molecule has 0 radical (unpaired) electrons. The lowest BCUT2D eigenvalue weighted by Crippen LogP contribution is -2.05. The zero-order valence-electron chi connectivity index (χ0n) is 13.9. The first-order valence-electron chi connectivity index (χ1n) is 7.96. The Labute approximate surface area is 142 Å². The van der Waals surface area contributed by atoms with Crippen molar-refractivity contribution < 1.29 is 0 Å². The summed E-state index contributed by atoms with van der Waals surface area (Å²) in [6, 6.07) is 16.3. The van der Waals surface area contributed by atoms with E-state index in [9.17, 15) is 0 Å². The number of hydrogen-bond acceptors (Lipinski definition) is 5. The molecule has 0 spiro atoms. The Hall–Kier alpha value is -3.08. The normalized spacial score (nSPS) is 10.4. The van der Waals surface area contributed by atoms with Crippen LogP contribution in [0, 0.1) is 6.92 Å². The van der Waals surface area contributed by atoms with Crippen LogP contribution in [0.3, 0.4) is 0 Å². The number of nitrogens with two attached hydrogens (primary N) is 1. The standard InChI is InChI=1S/C19H21N5/c1-3-14-6-10-16(11-7-14)24-19-17(20)18(21-12-22-19)23-15-8-4-13(2)5-9-15/h4-12H,3,20H2,1-2H3,(H2,21,22,23,24). The second-order valence-electron chi connectivity index (χ2n) is 5.65. The minimum absolute atomic E-state index is 0.484. The van der Waals surface area contributed by atoms with Crippen molar-refractivity contribution in [2.24, 2.45) is 0 Å². The molecule has 2 aromatic carbocycles. The molecule has 0 aliphatic heterocycles. The van der Waals surface area contributed by atoms with E-state index in [0.29, 0.717) is 17.3 Å². The molecule has 0 bridgehead atoms. The van der Waals surface area contributed by atoms with Gasteiger partial charge in [-0.3, -0.25) is 0 Å².